The Morgan fingerprint density at radius 3 is 2.67 bits per heavy atom. The molecule has 0 saturated heterocycles. The third kappa shape index (κ3) is 3.23. The summed E-state index contributed by atoms with van der Waals surface area (Å²) in [5.41, 5.74) is 0.586. The number of halogens is 3. The predicted molar refractivity (Wildman–Crippen MR) is 53.2 cm³/mol. The summed E-state index contributed by atoms with van der Waals surface area (Å²) < 4.78 is 24.6. The van der Waals surface area contributed by atoms with Crippen LogP contribution in [0.15, 0.2) is 12.3 Å². The fourth-order valence-corrected chi connectivity index (χ4v) is 1.62. The fraction of sp³-hybridized carbons (Fsp3) is 0.333. The Morgan fingerprint density at radius 1 is 1.53 bits per heavy atom. The van der Waals surface area contributed by atoms with Crippen LogP contribution in [0.3, 0.4) is 0 Å². The Labute approximate surface area is 93.3 Å². The van der Waals surface area contributed by atoms with Crippen LogP contribution >= 0.6 is 15.9 Å². The molecule has 1 rings (SSSR count). The van der Waals surface area contributed by atoms with Gasteiger partial charge in [0.1, 0.15) is 5.69 Å². The first kappa shape index (κ1) is 12.0. The Bertz CT molecular complexity index is 371. The Morgan fingerprint density at radius 2 is 2.20 bits per heavy atom. The van der Waals surface area contributed by atoms with Gasteiger partial charge < -0.3 is 5.11 Å². The largest absolute Gasteiger partial charge is 0.481 e. The molecule has 0 amide bonds. The fourth-order valence-electron chi connectivity index (χ4n) is 1.11. The van der Waals surface area contributed by atoms with Crippen molar-refractivity contribution in [2.24, 2.45) is 0 Å². The van der Waals surface area contributed by atoms with E-state index in [0.717, 1.165) is 6.07 Å². The molecule has 3 nitrogen and oxygen atoms in total. The van der Waals surface area contributed by atoms with E-state index in [9.17, 15) is 13.6 Å². The van der Waals surface area contributed by atoms with Crippen molar-refractivity contribution in [2.75, 3.05) is 0 Å². The molecule has 0 radical (unpaired) electrons. The molecule has 1 aromatic rings. The molecule has 1 heterocycles. The first-order valence-corrected chi connectivity index (χ1v) is 5.20. The van der Waals surface area contributed by atoms with Gasteiger partial charge in [-0.2, -0.15) is 0 Å². The smallest absolute Gasteiger partial charge is 0.307 e. The number of hydrogen-bond donors (Lipinski definition) is 1. The van der Waals surface area contributed by atoms with Crippen molar-refractivity contribution in [3.05, 3.63) is 29.1 Å². The Balaban J connectivity index is 3.07. The minimum Gasteiger partial charge on any atom is -0.481 e. The van der Waals surface area contributed by atoms with Crippen molar-refractivity contribution in [2.45, 2.75) is 18.2 Å². The van der Waals surface area contributed by atoms with E-state index < -0.39 is 18.1 Å². The number of carbonyl (C=O) groups is 1. The average molecular weight is 280 g/mol. The van der Waals surface area contributed by atoms with E-state index in [1.54, 1.807) is 0 Å². The molecule has 1 aromatic heterocycles. The normalized spacial score (nSPS) is 10.7. The Hall–Kier alpha value is -1.04. The van der Waals surface area contributed by atoms with Gasteiger partial charge in [-0.25, -0.2) is 8.78 Å². The highest BCUT2D eigenvalue weighted by Crippen LogP contribution is 2.21. The molecule has 0 aliphatic carbocycles. The summed E-state index contributed by atoms with van der Waals surface area (Å²) in [5, 5.41) is 8.99. The second-order valence-corrected chi connectivity index (χ2v) is 3.44. The average Bonchev–Trinajstić information content (AvgIpc) is 2.16. The van der Waals surface area contributed by atoms with Gasteiger partial charge >= 0.3 is 5.97 Å². The molecule has 15 heavy (non-hydrogen) atoms. The maximum atomic E-state index is 12.3. The summed E-state index contributed by atoms with van der Waals surface area (Å²) in [5.74, 6) is -1.05. The first-order valence-electron chi connectivity index (χ1n) is 4.08. The monoisotopic (exact) mass is 279 g/mol. The zero-order valence-corrected chi connectivity index (χ0v) is 9.17. The van der Waals surface area contributed by atoms with E-state index in [2.05, 4.69) is 20.9 Å². The molecular weight excluding hydrogens is 272 g/mol. The predicted octanol–water partition coefficient (Wildman–Crippen LogP) is 2.54. The van der Waals surface area contributed by atoms with E-state index in [0.29, 0.717) is 16.5 Å². The number of hydrogen-bond acceptors (Lipinski definition) is 2. The van der Waals surface area contributed by atoms with Crippen LogP contribution in [-0.4, -0.2) is 16.1 Å². The van der Waals surface area contributed by atoms with Crippen molar-refractivity contribution in [3.63, 3.8) is 0 Å². The molecule has 0 spiro atoms. The van der Waals surface area contributed by atoms with E-state index in [-0.39, 0.29) is 6.42 Å². The minimum absolute atomic E-state index is 0.275. The highest BCUT2D eigenvalue weighted by atomic mass is 79.9. The van der Waals surface area contributed by atoms with Gasteiger partial charge in [-0.3, -0.25) is 9.78 Å². The number of nitrogens with zero attached hydrogens (tertiary/aromatic N) is 1. The first-order chi connectivity index (χ1) is 7.04. The van der Waals surface area contributed by atoms with Crippen LogP contribution in [0.5, 0.6) is 0 Å². The van der Waals surface area contributed by atoms with E-state index in [1.807, 2.05) is 0 Å². The third-order valence-electron chi connectivity index (χ3n) is 1.81. The van der Waals surface area contributed by atoms with Gasteiger partial charge in [0.15, 0.2) is 0 Å². The molecule has 6 heteroatoms. The highest BCUT2D eigenvalue weighted by Gasteiger charge is 2.13. The molecule has 1 N–H and O–H groups in total. The zero-order valence-electron chi connectivity index (χ0n) is 7.58. The molecule has 0 saturated carbocycles. The van der Waals surface area contributed by atoms with E-state index in [4.69, 9.17) is 5.11 Å². The molecule has 0 aromatic carbocycles. The SMILES string of the molecule is O=C(O)Cc1cc(C(F)F)ncc1CBr. The molecular formula is C9H8BrF2NO2. The third-order valence-corrected chi connectivity index (χ3v) is 2.42. The molecule has 82 valence electrons. The number of alkyl halides is 3. The van der Waals surface area contributed by atoms with Crippen LogP contribution in [0.1, 0.15) is 23.2 Å². The minimum atomic E-state index is -2.68. The van der Waals surface area contributed by atoms with Crippen LogP contribution in [0.4, 0.5) is 8.78 Å². The molecule has 0 atom stereocenters. The van der Waals surface area contributed by atoms with Crippen LogP contribution in [0.2, 0.25) is 0 Å². The number of carboxylic acids is 1. The van der Waals surface area contributed by atoms with Crippen molar-refractivity contribution < 1.29 is 18.7 Å². The number of aromatic nitrogens is 1. The van der Waals surface area contributed by atoms with Gasteiger partial charge in [-0.15, -0.1) is 0 Å². The molecule has 0 aliphatic rings. The van der Waals surface area contributed by atoms with E-state index >= 15 is 0 Å². The van der Waals surface area contributed by atoms with Gasteiger partial charge in [0, 0.05) is 11.5 Å². The molecule has 0 bridgehead atoms. The second-order valence-electron chi connectivity index (χ2n) is 2.88. The maximum Gasteiger partial charge on any atom is 0.307 e. The lowest BCUT2D eigenvalue weighted by Crippen LogP contribution is -2.05. The highest BCUT2D eigenvalue weighted by molar-refractivity contribution is 9.08. The maximum absolute atomic E-state index is 12.3. The summed E-state index contributed by atoms with van der Waals surface area (Å²) in [6.07, 6.45) is -1.68. The lowest BCUT2D eigenvalue weighted by molar-refractivity contribution is -0.136. The lowest BCUT2D eigenvalue weighted by atomic mass is 10.1. The number of carboxylic acid groups (broad SMARTS) is 1. The number of pyridine rings is 1. The van der Waals surface area contributed by atoms with Crippen molar-refractivity contribution >= 4 is 21.9 Å². The number of rotatable bonds is 4. The van der Waals surface area contributed by atoms with Gasteiger partial charge in [-0.1, -0.05) is 15.9 Å². The summed E-state index contributed by atoms with van der Waals surface area (Å²) in [6, 6.07) is 1.13. The Kier molecular flexibility index (Phi) is 4.14. The van der Waals surface area contributed by atoms with Crippen molar-refractivity contribution in [1.29, 1.82) is 0 Å². The van der Waals surface area contributed by atoms with Gasteiger partial charge in [0.2, 0.25) is 0 Å². The van der Waals surface area contributed by atoms with Gasteiger partial charge in [0.05, 0.1) is 6.42 Å². The second kappa shape index (κ2) is 5.16. The summed E-state index contributed by atoms with van der Waals surface area (Å²) in [6.45, 7) is 0. The lowest BCUT2D eigenvalue weighted by Gasteiger charge is -2.06. The molecule has 0 fully saturated rings. The van der Waals surface area contributed by atoms with Crippen molar-refractivity contribution in [1.82, 2.24) is 4.98 Å². The molecule has 0 unspecified atom stereocenters. The quantitative estimate of drug-likeness (QED) is 0.862. The van der Waals surface area contributed by atoms with Crippen LogP contribution < -0.4 is 0 Å². The van der Waals surface area contributed by atoms with E-state index in [1.165, 1.54) is 6.20 Å². The van der Waals surface area contributed by atoms with Crippen LogP contribution in [-0.2, 0) is 16.5 Å². The summed E-state index contributed by atoms with van der Waals surface area (Å²) in [4.78, 5) is 14.0. The van der Waals surface area contributed by atoms with Crippen LogP contribution in [0.25, 0.3) is 0 Å². The summed E-state index contributed by atoms with van der Waals surface area (Å²) >= 11 is 3.14. The van der Waals surface area contributed by atoms with Crippen LogP contribution in [0, 0.1) is 0 Å². The number of aliphatic carboxylic acids is 1. The molecule has 0 aliphatic heterocycles. The summed E-state index contributed by atoms with van der Waals surface area (Å²) in [7, 11) is 0. The van der Waals surface area contributed by atoms with Gasteiger partial charge in [0.25, 0.3) is 6.43 Å². The van der Waals surface area contributed by atoms with Crippen molar-refractivity contribution in [3.8, 4) is 0 Å². The zero-order chi connectivity index (χ0) is 11.4. The topological polar surface area (TPSA) is 50.2 Å². The van der Waals surface area contributed by atoms with Gasteiger partial charge in [-0.05, 0) is 17.2 Å². The standard InChI is InChI=1S/C9H8BrF2NO2/c10-3-6-4-13-7(9(11)12)1-5(6)2-8(14)15/h1,4,9H,2-3H2,(H,14,15).